The topological polar surface area (TPSA) is 134 Å². The molecule has 0 radical (unpaired) electrons. The summed E-state index contributed by atoms with van der Waals surface area (Å²) in [5.74, 6) is 1.42. The third-order valence-corrected chi connectivity index (χ3v) is 6.22. The Bertz CT molecular complexity index is 1630. The molecular formula is C34H36N6O4. The first-order valence-corrected chi connectivity index (χ1v) is 14.2. The summed E-state index contributed by atoms with van der Waals surface area (Å²) in [6.45, 7) is 10.9. The van der Waals surface area contributed by atoms with Crippen molar-refractivity contribution in [2.45, 2.75) is 52.7 Å². The molecule has 0 spiro atoms. The monoisotopic (exact) mass is 592 g/mol. The summed E-state index contributed by atoms with van der Waals surface area (Å²) in [4.78, 5) is 40.2. The number of aromatic nitrogens is 4. The van der Waals surface area contributed by atoms with E-state index in [1.54, 1.807) is 0 Å². The molecule has 226 valence electrons. The minimum atomic E-state index is -0.568. The minimum Gasteiger partial charge on any atom is -0.444 e. The summed E-state index contributed by atoms with van der Waals surface area (Å²) in [6, 6.07) is 22.8. The van der Waals surface area contributed by atoms with Gasteiger partial charge in [0.15, 0.2) is 0 Å². The van der Waals surface area contributed by atoms with Gasteiger partial charge in [0.05, 0.1) is 11.4 Å². The van der Waals surface area contributed by atoms with Crippen LogP contribution in [0.15, 0.2) is 85.2 Å². The summed E-state index contributed by atoms with van der Waals surface area (Å²) >= 11 is 0. The van der Waals surface area contributed by atoms with Crippen LogP contribution in [0, 0.1) is 0 Å². The molecule has 4 N–H and O–H groups in total. The second kappa shape index (κ2) is 12.1. The van der Waals surface area contributed by atoms with E-state index in [2.05, 4.69) is 20.6 Å². The van der Waals surface area contributed by atoms with Gasteiger partial charge in [-0.3, -0.25) is 10.6 Å². The Labute approximate surface area is 256 Å². The van der Waals surface area contributed by atoms with Crippen LogP contribution in [-0.4, -0.2) is 43.3 Å². The van der Waals surface area contributed by atoms with Gasteiger partial charge in [0.2, 0.25) is 0 Å². The summed E-state index contributed by atoms with van der Waals surface area (Å²) < 4.78 is 10.6. The predicted octanol–water partition coefficient (Wildman–Crippen LogP) is 8.49. The third kappa shape index (κ3) is 7.91. The van der Waals surface area contributed by atoms with E-state index in [0.717, 1.165) is 33.6 Å². The zero-order valence-corrected chi connectivity index (χ0v) is 25.6. The van der Waals surface area contributed by atoms with Gasteiger partial charge in [-0.25, -0.2) is 19.6 Å². The number of anilines is 2. The lowest BCUT2D eigenvalue weighted by Gasteiger charge is -2.19. The first-order chi connectivity index (χ1) is 20.8. The van der Waals surface area contributed by atoms with Crippen molar-refractivity contribution < 1.29 is 19.1 Å². The van der Waals surface area contributed by atoms with Crippen molar-refractivity contribution in [3.8, 4) is 45.3 Å². The first-order valence-electron chi connectivity index (χ1n) is 14.2. The van der Waals surface area contributed by atoms with Crippen molar-refractivity contribution in [2.75, 3.05) is 10.6 Å². The summed E-state index contributed by atoms with van der Waals surface area (Å²) in [5, 5.41) is 5.48. The molecule has 0 saturated heterocycles. The zero-order valence-electron chi connectivity index (χ0n) is 25.6. The average Bonchev–Trinajstić information content (AvgIpc) is 3.63. The Morgan fingerprint density at radius 1 is 0.591 bits per heavy atom. The maximum Gasteiger partial charge on any atom is 0.412 e. The summed E-state index contributed by atoms with van der Waals surface area (Å²) in [7, 11) is 0. The highest BCUT2D eigenvalue weighted by Crippen LogP contribution is 2.29. The van der Waals surface area contributed by atoms with Gasteiger partial charge in [0, 0.05) is 46.0 Å². The molecule has 10 nitrogen and oxygen atoms in total. The van der Waals surface area contributed by atoms with E-state index >= 15 is 0 Å². The van der Waals surface area contributed by atoms with Gasteiger partial charge in [-0.1, -0.05) is 18.2 Å². The fourth-order valence-corrected chi connectivity index (χ4v) is 4.34. The second-order valence-electron chi connectivity index (χ2n) is 12.3. The van der Waals surface area contributed by atoms with E-state index in [4.69, 9.17) is 19.4 Å². The Kier molecular flexibility index (Phi) is 8.26. The predicted molar refractivity (Wildman–Crippen MR) is 172 cm³/mol. The van der Waals surface area contributed by atoms with E-state index in [1.807, 2.05) is 127 Å². The number of ether oxygens (including phenoxy) is 2. The van der Waals surface area contributed by atoms with Crippen LogP contribution in [0.3, 0.4) is 0 Å². The van der Waals surface area contributed by atoms with Gasteiger partial charge in [0.25, 0.3) is 0 Å². The number of hydrogen-bond donors (Lipinski definition) is 4. The standard InChI is InChI=1S/C34H36N6O4/c1-33(2,3)43-31(41)37-25-14-10-21(11-15-25)29-35-19-27(39-29)23-8-7-9-24(18-23)28-20-36-30(40-28)22-12-16-26(17-13-22)38-32(42)44-34(4,5)6/h7-20H,1-6H3,(H,35,39)(H,36,40)(H,37,41)(H,38,42). The molecular weight excluding hydrogens is 556 g/mol. The minimum absolute atomic E-state index is 0.500. The highest BCUT2D eigenvalue weighted by molar-refractivity contribution is 5.86. The first kappa shape index (κ1) is 30.1. The molecule has 2 heterocycles. The molecule has 0 aliphatic heterocycles. The maximum absolute atomic E-state index is 12.1. The maximum atomic E-state index is 12.1. The van der Waals surface area contributed by atoms with E-state index in [-0.39, 0.29) is 0 Å². The molecule has 0 bridgehead atoms. The van der Waals surface area contributed by atoms with Crippen molar-refractivity contribution in [1.29, 1.82) is 0 Å². The Balaban J connectivity index is 1.25. The van der Waals surface area contributed by atoms with Gasteiger partial charge in [-0.05, 0) is 96.1 Å². The van der Waals surface area contributed by atoms with Crippen LogP contribution in [0.4, 0.5) is 21.0 Å². The van der Waals surface area contributed by atoms with Crippen molar-refractivity contribution in [3.05, 3.63) is 85.2 Å². The smallest absolute Gasteiger partial charge is 0.412 e. The molecule has 10 heteroatoms. The normalized spacial score (nSPS) is 11.6. The van der Waals surface area contributed by atoms with Crippen LogP contribution in [0.25, 0.3) is 45.3 Å². The van der Waals surface area contributed by atoms with Crippen molar-refractivity contribution in [1.82, 2.24) is 19.9 Å². The van der Waals surface area contributed by atoms with Crippen molar-refractivity contribution in [3.63, 3.8) is 0 Å². The van der Waals surface area contributed by atoms with Gasteiger partial charge in [-0.2, -0.15) is 0 Å². The van der Waals surface area contributed by atoms with Crippen LogP contribution in [-0.2, 0) is 9.47 Å². The van der Waals surface area contributed by atoms with Crippen LogP contribution >= 0.6 is 0 Å². The van der Waals surface area contributed by atoms with E-state index < -0.39 is 23.4 Å². The molecule has 0 aliphatic carbocycles. The molecule has 0 saturated carbocycles. The van der Waals surface area contributed by atoms with E-state index in [0.29, 0.717) is 23.0 Å². The molecule has 2 aromatic heterocycles. The lowest BCUT2D eigenvalue weighted by molar-refractivity contribution is 0.0624. The van der Waals surface area contributed by atoms with Gasteiger partial charge in [-0.15, -0.1) is 0 Å². The number of aromatic amines is 2. The molecule has 0 fully saturated rings. The Hall–Kier alpha value is -5.38. The molecule has 0 unspecified atom stereocenters. The van der Waals surface area contributed by atoms with Gasteiger partial charge in [0.1, 0.15) is 22.9 Å². The molecule has 3 aromatic carbocycles. The third-order valence-electron chi connectivity index (χ3n) is 6.22. The van der Waals surface area contributed by atoms with Crippen LogP contribution in [0.5, 0.6) is 0 Å². The molecule has 5 aromatic rings. The average molecular weight is 593 g/mol. The zero-order chi connectivity index (χ0) is 31.5. The number of carbonyl (C=O) groups is 2. The highest BCUT2D eigenvalue weighted by atomic mass is 16.6. The van der Waals surface area contributed by atoms with E-state index in [9.17, 15) is 9.59 Å². The van der Waals surface area contributed by atoms with Crippen molar-refractivity contribution in [2.24, 2.45) is 0 Å². The number of rotatable bonds is 6. The van der Waals surface area contributed by atoms with Crippen molar-refractivity contribution >= 4 is 23.6 Å². The molecule has 2 amide bonds. The second-order valence-corrected chi connectivity index (χ2v) is 12.3. The molecule has 5 rings (SSSR count). The SMILES string of the molecule is CC(C)(C)OC(=O)Nc1ccc(-c2nc(-c3cccc(-c4c[nH]c(-c5ccc(NC(=O)OC(C)(C)C)cc5)n4)c3)c[nH]2)cc1. The van der Waals surface area contributed by atoms with Gasteiger partial charge >= 0.3 is 12.2 Å². The fraction of sp³-hybridized carbons (Fsp3) is 0.235. The lowest BCUT2D eigenvalue weighted by Crippen LogP contribution is -2.27. The quantitative estimate of drug-likeness (QED) is 0.156. The van der Waals surface area contributed by atoms with Crippen LogP contribution in [0.2, 0.25) is 0 Å². The molecule has 0 atom stereocenters. The number of carbonyl (C=O) groups excluding carboxylic acids is 2. The number of amides is 2. The Morgan fingerprint density at radius 2 is 0.977 bits per heavy atom. The lowest BCUT2D eigenvalue weighted by atomic mass is 10.1. The number of benzene rings is 3. The largest absolute Gasteiger partial charge is 0.444 e. The summed E-state index contributed by atoms with van der Waals surface area (Å²) in [6.07, 6.45) is 2.73. The Morgan fingerprint density at radius 3 is 1.34 bits per heavy atom. The fourth-order valence-electron chi connectivity index (χ4n) is 4.34. The highest BCUT2D eigenvalue weighted by Gasteiger charge is 2.17. The molecule has 0 aliphatic rings. The number of nitrogens with zero attached hydrogens (tertiary/aromatic N) is 2. The number of imidazole rings is 2. The van der Waals surface area contributed by atoms with Crippen LogP contribution in [0.1, 0.15) is 41.5 Å². The molecule has 44 heavy (non-hydrogen) atoms. The van der Waals surface area contributed by atoms with Crippen LogP contribution < -0.4 is 10.6 Å². The number of hydrogen-bond acceptors (Lipinski definition) is 6. The number of H-pyrrole nitrogens is 2. The van der Waals surface area contributed by atoms with E-state index in [1.165, 1.54) is 0 Å². The summed E-state index contributed by atoms with van der Waals surface area (Å²) in [5.41, 5.74) is 5.36. The van der Waals surface area contributed by atoms with Gasteiger partial charge < -0.3 is 19.4 Å². The number of nitrogens with one attached hydrogen (secondary N) is 4.